The molecule has 3 atom stereocenters. The number of carbonyl (C=O) groups excluding carboxylic acids is 1. The topological polar surface area (TPSA) is 49.8 Å². The Morgan fingerprint density at radius 2 is 2.05 bits per heavy atom. The molecule has 1 aliphatic carbocycles. The minimum absolute atomic E-state index is 0.188. The monoisotopic (exact) mass is 289 g/mol. The molecule has 2 fully saturated rings. The first-order chi connectivity index (χ1) is 10.2. The molecule has 0 aromatic heterocycles. The third-order valence-corrected chi connectivity index (χ3v) is 4.73. The maximum atomic E-state index is 12.3. The van der Waals surface area contributed by atoms with Crippen LogP contribution in [0, 0.1) is 5.92 Å². The second-order valence-electron chi connectivity index (χ2n) is 6.17. The van der Waals surface area contributed by atoms with Crippen molar-refractivity contribution in [3.63, 3.8) is 0 Å². The third kappa shape index (κ3) is 3.38. The highest BCUT2D eigenvalue weighted by Gasteiger charge is 2.38. The van der Waals surface area contributed by atoms with Gasteiger partial charge in [-0.25, -0.2) is 4.79 Å². The van der Waals surface area contributed by atoms with Crippen LogP contribution in [-0.2, 0) is 11.3 Å². The molecule has 1 aliphatic heterocycles. The standard InChI is InChI=1S/C17H23NO3/c19-15-8-9-16-14(11-15)7-4-10-18(16)17(20)21-12-13-5-2-1-3-6-13/h1-3,5-6,14-16,19H,4,7-12H2. The number of piperidine rings is 1. The number of amides is 1. The predicted molar refractivity (Wildman–Crippen MR) is 79.7 cm³/mol. The number of likely N-dealkylation sites (tertiary alicyclic amines) is 1. The summed E-state index contributed by atoms with van der Waals surface area (Å²) >= 11 is 0. The molecular weight excluding hydrogens is 266 g/mol. The normalized spacial score (nSPS) is 28.8. The molecule has 1 aromatic carbocycles. The van der Waals surface area contributed by atoms with Crippen LogP contribution < -0.4 is 0 Å². The average molecular weight is 289 g/mol. The van der Waals surface area contributed by atoms with Crippen molar-refractivity contribution in [3.05, 3.63) is 35.9 Å². The smallest absolute Gasteiger partial charge is 0.410 e. The number of fused-ring (bicyclic) bond motifs is 1. The van der Waals surface area contributed by atoms with E-state index in [9.17, 15) is 9.90 Å². The Kier molecular flexibility index (Phi) is 4.44. The minimum atomic E-state index is -0.204. The van der Waals surface area contributed by atoms with E-state index < -0.39 is 0 Å². The summed E-state index contributed by atoms with van der Waals surface area (Å²) in [5.74, 6) is 0.437. The summed E-state index contributed by atoms with van der Waals surface area (Å²) in [5, 5.41) is 9.79. The quantitative estimate of drug-likeness (QED) is 0.910. The molecule has 3 rings (SSSR count). The van der Waals surface area contributed by atoms with Gasteiger partial charge in [0.1, 0.15) is 6.61 Å². The Morgan fingerprint density at radius 3 is 2.86 bits per heavy atom. The van der Waals surface area contributed by atoms with Gasteiger partial charge in [0.15, 0.2) is 0 Å². The highest BCUT2D eigenvalue weighted by atomic mass is 16.6. The molecule has 0 spiro atoms. The Morgan fingerprint density at radius 1 is 1.24 bits per heavy atom. The summed E-state index contributed by atoms with van der Waals surface area (Å²) in [4.78, 5) is 14.2. The highest BCUT2D eigenvalue weighted by Crippen LogP contribution is 2.35. The Labute approximate surface area is 125 Å². The molecule has 4 nitrogen and oxygen atoms in total. The number of nitrogens with zero attached hydrogens (tertiary/aromatic N) is 1. The van der Waals surface area contributed by atoms with Gasteiger partial charge < -0.3 is 14.7 Å². The number of aliphatic hydroxyl groups is 1. The van der Waals surface area contributed by atoms with E-state index in [1.165, 1.54) is 0 Å². The van der Waals surface area contributed by atoms with Gasteiger partial charge in [-0.3, -0.25) is 0 Å². The maximum Gasteiger partial charge on any atom is 0.410 e. The van der Waals surface area contributed by atoms with Crippen molar-refractivity contribution in [1.82, 2.24) is 4.90 Å². The molecule has 3 unspecified atom stereocenters. The number of hydrogen-bond acceptors (Lipinski definition) is 3. The highest BCUT2D eigenvalue weighted by molar-refractivity contribution is 5.68. The van der Waals surface area contributed by atoms with Crippen molar-refractivity contribution < 1.29 is 14.6 Å². The molecule has 4 heteroatoms. The van der Waals surface area contributed by atoms with Crippen molar-refractivity contribution in [2.45, 2.75) is 50.9 Å². The van der Waals surface area contributed by atoms with E-state index in [1.807, 2.05) is 35.2 Å². The van der Waals surface area contributed by atoms with Crippen LogP contribution in [0.4, 0.5) is 4.79 Å². The summed E-state index contributed by atoms with van der Waals surface area (Å²) in [5.41, 5.74) is 1.01. The zero-order chi connectivity index (χ0) is 14.7. The Balaban J connectivity index is 1.58. The average Bonchev–Trinajstić information content (AvgIpc) is 2.52. The van der Waals surface area contributed by atoms with E-state index in [1.54, 1.807) is 0 Å². The summed E-state index contributed by atoms with van der Waals surface area (Å²) in [6.07, 6.45) is 4.25. The number of rotatable bonds is 2. The molecule has 114 valence electrons. The van der Waals surface area contributed by atoms with Gasteiger partial charge in [-0.05, 0) is 43.6 Å². The van der Waals surface area contributed by atoms with Crippen LogP contribution >= 0.6 is 0 Å². The lowest BCUT2D eigenvalue weighted by atomic mass is 9.77. The van der Waals surface area contributed by atoms with Crippen molar-refractivity contribution >= 4 is 6.09 Å². The zero-order valence-electron chi connectivity index (χ0n) is 12.3. The molecular formula is C17H23NO3. The molecule has 1 saturated heterocycles. The lowest BCUT2D eigenvalue weighted by Gasteiger charge is -2.44. The van der Waals surface area contributed by atoms with Gasteiger partial charge in [0.2, 0.25) is 0 Å². The van der Waals surface area contributed by atoms with Crippen LogP contribution in [0.5, 0.6) is 0 Å². The molecule has 0 radical (unpaired) electrons. The van der Waals surface area contributed by atoms with Crippen molar-refractivity contribution in [2.24, 2.45) is 5.92 Å². The van der Waals surface area contributed by atoms with E-state index >= 15 is 0 Å². The van der Waals surface area contributed by atoms with Gasteiger partial charge >= 0.3 is 6.09 Å². The fraction of sp³-hybridized carbons (Fsp3) is 0.588. The fourth-order valence-corrected chi connectivity index (χ4v) is 3.66. The van der Waals surface area contributed by atoms with E-state index in [4.69, 9.17) is 4.74 Å². The first-order valence-corrected chi connectivity index (χ1v) is 7.89. The van der Waals surface area contributed by atoms with Crippen LogP contribution in [0.1, 0.15) is 37.7 Å². The van der Waals surface area contributed by atoms with Crippen LogP contribution in [0.3, 0.4) is 0 Å². The molecule has 1 aromatic rings. The van der Waals surface area contributed by atoms with Crippen molar-refractivity contribution in [1.29, 1.82) is 0 Å². The predicted octanol–water partition coefficient (Wildman–Crippen LogP) is 2.95. The van der Waals surface area contributed by atoms with Crippen LogP contribution in [0.2, 0.25) is 0 Å². The number of hydrogen-bond donors (Lipinski definition) is 1. The molecule has 1 saturated carbocycles. The molecule has 0 bridgehead atoms. The third-order valence-electron chi connectivity index (χ3n) is 4.73. The SMILES string of the molecule is O=C(OCc1ccccc1)N1CCCC2CC(O)CCC21. The summed E-state index contributed by atoms with van der Waals surface area (Å²) in [6, 6.07) is 10.0. The summed E-state index contributed by atoms with van der Waals surface area (Å²) in [6.45, 7) is 1.11. The molecule has 21 heavy (non-hydrogen) atoms. The first kappa shape index (κ1) is 14.4. The van der Waals surface area contributed by atoms with E-state index in [-0.39, 0.29) is 18.2 Å². The second-order valence-corrected chi connectivity index (χ2v) is 6.17. The van der Waals surface area contributed by atoms with Gasteiger partial charge in [0.05, 0.1) is 6.10 Å². The van der Waals surface area contributed by atoms with Gasteiger partial charge in [-0.15, -0.1) is 0 Å². The number of benzene rings is 1. The molecule has 1 N–H and O–H groups in total. The fourth-order valence-electron chi connectivity index (χ4n) is 3.66. The van der Waals surface area contributed by atoms with Gasteiger partial charge in [-0.1, -0.05) is 30.3 Å². The zero-order valence-corrected chi connectivity index (χ0v) is 12.3. The van der Waals surface area contributed by atoms with Crippen LogP contribution in [0.15, 0.2) is 30.3 Å². The lowest BCUT2D eigenvalue weighted by Crippen LogP contribution is -2.51. The molecule has 2 aliphatic rings. The Hall–Kier alpha value is -1.55. The first-order valence-electron chi connectivity index (χ1n) is 7.89. The largest absolute Gasteiger partial charge is 0.445 e. The molecule has 1 heterocycles. The summed E-state index contributed by atoms with van der Waals surface area (Å²) in [7, 11) is 0. The maximum absolute atomic E-state index is 12.3. The van der Waals surface area contributed by atoms with Gasteiger partial charge in [0, 0.05) is 12.6 Å². The van der Waals surface area contributed by atoms with E-state index in [0.717, 1.165) is 44.2 Å². The number of carbonyl (C=O) groups is 1. The van der Waals surface area contributed by atoms with Crippen LogP contribution in [-0.4, -0.2) is 34.8 Å². The van der Waals surface area contributed by atoms with Crippen molar-refractivity contribution in [2.75, 3.05) is 6.54 Å². The molecule has 1 amide bonds. The number of aliphatic hydroxyl groups excluding tert-OH is 1. The van der Waals surface area contributed by atoms with Gasteiger partial charge in [-0.2, -0.15) is 0 Å². The number of ether oxygens (including phenoxy) is 1. The second kappa shape index (κ2) is 6.48. The van der Waals surface area contributed by atoms with E-state index in [2.05, 4.69) is 0 Å². The van der Waals surface area contributed by atoms with Crippen molar-refractivity contribution in [3.8, 4) is 0 Å². The Bertz CT molecular complexity index is 476. The minimum Gasteiger partial charge on any atom is -0.445 e. The lowest BCUT2D eigenvalue weighted by molar-refractivity contribution is -0.000365. The van der Waals surface area contributed by atoms with E-state index in [0.29, 0.717) is 12.5 Å². The van der Waals surface area contributed by atoms with Gasteiger partial charge in [0.25, 0.3) is 0 Å². The summed E-state index contributed by atoms with van der Waals surface area (Å²) < 4.78 is 5.47. The van der Waals surface area contributed by atoms with Crippen LogP contribution in [0.25, 0.3) is 0 Å².